The number of nitrogens with zero attached hydrogens (tertiary/aromatic N) is 1. The number of nitriles is 1. The molecule has 1 atom stereocenters. The van der Waals surface area contributed by atoms with Gasteiger partial charge in [0.25, 0.3) is 0 Å². The zero-order chi connectivity index (χ0) is 35.5. The summed E-state index contributed by atoms with van der Waals surface area (Å²) in [7, 11) is -3.62. The highest BCUT2D eigenvalue weighted by atomic mass is 79.9. The van der Waals surface area contributed by atoms with E-state index in [1.54, 1.807) is 18.2 Å². The number of rotatable bonds is 14. The lowest BCUT2D eigenvalue weighted by Crippen LogP contribution is -2.47. The molecule has 0 aliphatic carbocycles. The number of hydrogen-bond donors (Lipinski definition) is 1. The van der Waals surface area contributed by atoms with Gasteiger partial charge in [0.1, 0.15) is 6.10 Å². The second-order valence-electron chi connectivity index (χ2n) is 14.7. The lowest BCUT2D eigenvalue weighted by atomic mass is 9.99. The van der Waals surface area contributed by atoms with Crippen molar-refractivity contribution in [3.8, 4) is 6.07 Å². The van der Waals surface area contributed by atoms with Crippen molar-refractivity contribution >= 4 is 32.6 Å². The van der Waals surface area contributed by atoms with Crippen LogP contribution in [0.2, 0.25) is 33.2 Å². The first kappa shape index (κ1) is 41.1. The van der Waals surface area contributed by atoms with Gasteiger partial charge in [0.2, 0.25) is 16.6 Å². The standard InChI is InChI=1S/C24H33NO2Si.C16H27BrOSi/c1-17(2)28(18(3)4,19(5)6)27-16-20-10-12-22(13-11-20)24(26)23-9-7-8-21(14-23)15-25;1-12(2)19(13(3)4,14(5)6)18-11-15-7-9-16(17)10-8-15/h7-14,17-19,24,26H,16H2,1-6H3;7-10,12-14H,11H2,1-6H3. The van der Waals surface area contributed by atoms with Gasteiger partial charge >= 0.3 is 0 Å². The Morgan fingerprint density at radius 1 is 0.596 bits per heavy atom. The molecule has 1 unspecified atom stereocenters. The third-order valence-corrected chi connectivity index (χ3v) is 22.6. The van der Waals surface area contributed by atoms with Gasteiger partial charge in [-0.15, -0.1) is 0 Å². The Bertz CT molecular complexity index is 1350. The molecule has 0 aliphatic heterocycles. The molecule has 7 heteroatoms. The molecule has 3 rings (SSSR count). The molecule has 0 spiro atoms. The lowest BCUT2D eigenvalue weighted by molar-refractivity contribution is 0.220. The van der Waals surface area contributed by atoms with E-state index in [4.69, 9.17) is 14.1 Å². The zero-order valence-electron chi connectivity index (χ0n) is 31.0. The summed E-state index contributed by atoms with van der Waals surface area (Å²) in [5.74, 6) is 0. The van der Waals surface area contributed by atoms with Gasteiger partial charge in [0.15, 0.2) is 0 Å². The maximum absolute atomic E-state index is 10.6. The molecule has 0 heterocycles. The quantitative estimate of drug-likeness (QED) is 0.167. The average Bonchev–Trinajstić information content (AvgIpc) is 3.01. The minimum absolute atomic E-state index is 0.555. The van der Waals surface area contributed by atoms with Gasteiger partial charge in [0.05, 0.1) is 24.8 Å². The topological polar surface area (TPSA) is 62.5 Å². The number of benzene rings is 3. The first-order chi connectivity index (χ1) is 22.0. The first-order valence-corrected chi connectivity index (χ1v) is 22.4. The van der Waals surface area contributed by atoms with Crippen molar-refractivity contribution in [2.75, 3.05) is 0 Å². The van der Waals surface area contributed by atoms with Crippen LogP contribution in [-0.4, -0.2) is 21.7 Å². The highest BCUT2D eigenvalue weighted by Crippen LogP contribution is 2.44. The molecule has 0 amide bonds. The van der Waals surface area contributed by atoms with Crippen molar-refractivity contribution in [1.29, 1.82) is 5.26 Å². The van der Waals surface area contributed by atoms with Crippen LogP contribution in [-0.2, 0) is 22.1 Å². The van der Waals surface area contributed by atoms with E-state index in [0.29, 0.717) is 45.4 Å². The average molecular weight is 739 g/mol. The minimum atomic E-state index is -1.89. The monoisotopic (exact) mass is 737 g/mol. The Morgan fingerprint density at radius 3 is 1.34 bits per heavy atom. The van der Waals surface area contributed by atoms with Crippen LogP contribution in [0.4, 0.5) is 0 Å². The van der Waals surface area contributed by atoms with Crippen molar-refractivity contribution in [3.63, 3.8) is 0 Å². The van der Waals surface area contributed by atoms with Gasteiger partial charge < -0.3 is 14.0 Å². The molecule has 1 N–H and O–H groups in total. The summed E-state index contributed by atoms with van der Waals surface area (Å²) >= 11 is 3.47. The Labute approximate surface area is 297 Å². The molecule has 4 nitrogen and oxygen atoms in total. The van der Waals surface area contributed by atoms with Crippen molar-refractivity contribution in [2.24, 2.45) is 0 Å². The molecule has 3 aromatic rings. The summed E-state index contributed by atoms with van der Waals surface area (Å²) in [6, 6.07) is 25.7. The number of aliphatic hydroxyl groups excluding tert-OH is 1. The second-order valence-corrected chi connectivity index (χ2v) is 26.6. The summed E-state index contributed by atoms with van der Waals surface area (Å²) in [5, 5.41) is 19.7. The van der Waals surface area contributed by atoms with Gasteiger partial charge in [0, 0.05) is 4.47 Å². The van der Waals surface area contributed by atoms with Crippen LogP contribution in [0.15, 0.2) is 77.3 Å². The van der Waals surface area contributed by atoms with Crippen molar-refractivity contribution in [3.05, 3.63) is 105 Å². The number of halogens is 1. The van der Waals surface area contributed by atoms with E-state index in [1.165, 1.54) is 5.56 Å². The fourth-order valence-corrected chi connectivity index (χ4v) is 18.9. The summed E-state index contributed by atoms with van der Waals surface area (Å²) in [6.07, 6.45) is -0.737. The molecular weight excluding hydrogens is 679 g/mol. The van der Waals surface area contributed by atoms with Crippen LogP contribution in [0, 0.1) is 11.3 Å². The molecule has 0 radical (unpaired) electrons. The van der Waals surface area contributed by atoms with Gasteiger partial charge in [-0.05, 0) is 79.8 Å². The highest BCUT2D eigenvalue weighted by molar-refractivity contribution is 9.10. The summed E-state index contributed by atoms with van der Waals surface area (Å²) < 4.78 is 14.3. The second kappa shape index (κ2) is 18.6. The molecule has 3 aromatic carbocycles. The smallest absolute Gasteiger partial charge is 0.200 e. The molecule has 0 bridgehead atoms. The van der Waals surface area contributed by atoms with E-state index in [-0.39, 0.29) is 0 Å². The fourth-order valence-electron chi connectivity index (χ4n) is 7.76. The zero-order valence-corrected chi connectivity index (χ0v) is 34.6. The van der Waals surface area contributed by atoms with Crippen LogP contribution >= 0.6 is 15.9 Å². The molecule has 0 aromatic heterocycles. The Hall–Kier alpha value is -2.06. The van der Waals surface area contributed by atoms with Gasteiger partial charge in [-0.25, -0.2) is 0 Å². The maximum atomic E-state index is 10.6. The van der Waals surface area contributed by atoms with Crippen LogP contribution in [0.3, 0.4) is 0 Å². The van der Waals surface area contributed by atoms with Crippen molar-refractivity contribution in [1.82, 2.24) is 0 Å². The maximum Gasteiger partial charge on any atom is 0.200 e. The van der Waals surface area contributed by atoms with Crippen LogP contribution in [0.1, 0.15) is 117 Å². The molecule has 0 saturated carbocycles. The van der Waals surface area contributed by atoms with Crippen molar-refractivity contribution < 1.29 is 14.0 Å². The van der Waals surface area contributed by atoms with E-state index in [1.807, 2.05) is 30.3 Å². The lowest BCUT2D eigenvalue weighted by Gasteiger charge is -2.42. The summed E-state index contributed by atoms with van der Waals surface area (Å²) in [4.78, 5) is 0. The predicted octanol–water partition coefficient (Wildman–Crippen LogP) is 12.5. The minimum Gasteiger partial charge on any atom is -0.412 e. The van der Waals surface area contributed by atoms with Crippen LogP contribution < -0.4 is 0 Å². The van der Waals surface area contributed by atoms with Gasteiger partial charge in [-0.1, -0.05) is 148 Å². The molecule has 0 saturated heterocycles. The van der Waals surface area contributed by atoms with E-state index >= 15 is 0 Å². The predicted molar refractivity (Wildman–Crippen MR) is 207 cm³/mol. The SMILES string of the molecule is CC(C)[Si](OCc1ccc(Br)cc1)(C(C)C)C(C)C.CC(C)[Si](OCc1ccc(C(O)c2cccc(C#N)c2)cc1)(C(C)C)C(C)C. The molecular formula is C40H60BrNO3Si2. The summed E-state index contributed by atoms with van der Waals surface area (Å²) in [6.45, 7) is 29.1. The van der Waals surface area contributed by atoms with Crippen molar-refractivity contribution in [2.45, 2.75) is 136 Å². The Morgan fingerprint density at radius 2 is 0.979 bits per heavy atom. The van der Waals surface area contributed by atoms with E-state index < -0.39 is 22.7 Å². The third kappa shape index (κ3) is 10.5. The van der Waals surface area contributed by atoms with Gasteiger partial charge in [-0.2, -0.15) is 5.26 Å². The highest BCUT2D eigenvalue weighted by Gasteiger charge is 2.45. The first-order valence-electron chi connectivity index (χ1n) is 17.3. The Kier molecular flexibility index (Phi) is 16.3. The molecule has 0 fully saturated rings. The summed E-state index contributed by atoms with van der Waals surface area (Å²) in [5.41, 5.74) is 8.09. The molecule has 0 aliphatic rings. The van der Waals surface area contributed by atoms with E-state index in [0.717, 1.165) is 27.8 Å². The molecule has 47 heavy (non-hydrogen) atoms. The fraction of sp³-hybridized carbons (Fsp3) is 0.525. The van der Waals surface area contributed by atoms with E-state index in [9.17, 15) is 5.11 Å². The molecule has 258 valence electrons. The number of hydrogen-bond acceptors (Lipinski definition) is 4. The van der Waals surface area contributed by atoms with Crippen LogP contribution in [0.5, 0.6) is 0 Å². The normalized spacial score (nSPS) is 13.0. The van der Waals surface area contributed by atoms with E-state index in [2.05, 4.69) is 129 Å². The van der Waals surface area contributed by atoms with Gasteiger partial charge in [-0.3, -0.25) is 0 Å². The largest absolute Gasteiger partial charge is 0.412 e. The van der Waals surface area contributed by atoms with Crippen LogP contribution in [0.25, 0.3) is 0 Å². The number of aliphatic hydroxyl groups is 1. The Balaban J connectivity index is 0.000000353. The third-order valence-electron chi connectivity index (χ3n) is 9.93.